The SMILES string of the molecule is Fc1cccc(Cl)c1CC=CCCNC1CC1. The van der Waals surface area contributed by atoms with E-state index in [0.717, 1.165) is 19.0 Å². The van der Waals surface area contributed by atoms with Crippen LogP contribution in [0.5, 0.6) is 0 Å². The maximum absolute atomic E-state index is 13.4. The lowest BCUT2D eigenvalue weighted by molar-refractivity contribution is 0.615. The molecule has 0 heterocycles. The van der Waals surface area contributed by atoms with Crippen LogP contribution in [0, 0.1) is 5.82 Å². The van der Waals surface area contributed by atoms with Crippen LogP contribution in [0.3, 0.4) is 0 Å². The Labute approximate surface area is 107 Å². The zero-order valence-electron chi connectivity index (χ0n) is 9.76. The summed E-state index contributed by atoms with van der Waals surface area (Å²) < 4.78 is 13.4. The number of hydrogen-bond donors (Lipinski definition) is 1. The second kappa shape index (κ2) is 6.18. The third kappa shape index (κ3) is 4.14. The molecule has 1 aliphatic rings. The van der Waals surface area contributed by atoms with Gasteiger partial charge in [0.1, 0.15) is 5.82 Å². The second-order valence-electron chi connectivity index (χ2n) is 4.39. The van der Waals surface area contributed by atoms with Gasteiger partial charge in [-0.1, -0.05) is 29.8 Å². The largest absolute Gasteiger partial charge is 0.314 e. The Balaban J connectivity index is 1.74. The standard InChI is InChI=1S/C14H17ClFN/c15-13-6-4-7-14(16)12(13)5-2-1-3-10-17-11-8-9-11/h1-2,4,6-7,11,17H,3,5,8-10H2. The van der Waals surface area contributed by atoms with Crippen LogP contribution < -0.4 is 5.32 Å². The molecule has 0 saturated heterocycles. The molecule has 1 aliphatic carbocycles. The van der Waals surface area contributed by atoms with Gasteiger partial charge in [0, 0.05) is 16.6 Å². The molecule has 0 aliphatic heterocycles. The molecule has 0 bridgehead atoms. The summed E-state index contributed by atoms with van der Waals surface area (Å²) in [4.78, 5) is 0. The lowest BCUT2D eigenvalue weighted by Gasteiger charge is -2.02. The van der Waals surface area contributed by atoms with Gasteiger partial charge in [0.2, 0.25) is 0 Å². The maximum atomic E-state index is 13.4. The molecule has 92 valence electrons. The van der Waals surface area contributed by atoms with Crippen LogP contribution in [-0.4, -0.2) is 12.6 Å². The minimum absolute atomic E-state index is 0.224. The average Bonchev–Trinajstić information content (AvgIpc) is 3.10. The Morgan fingerprint density at radius 2 is 2.18 bits per heavy atom. The van der Waals surface area contributed by atoms with Crippen LogP contribution in [0.2, 0.25) is 5.02 Å². The summed E-state index contributed by atoms with van der Waals surface area (Å²) in [7, 11) is 0. The summed E-state index contributed by atoms with van der Waals surface area (Å²) >= 11 is 5.93. The average molecular weight is 254 g/mol. The molecule has 3 heteroatoms. The molecule has 1 aromatic rings. The Hall–Kier alpha value is -0.860. The van der Waals surface area contributed by atoms with Gasteiger partial charge in [-0.25, -0.2) is 4.39 Å². The van der Waals surface area contributed by atoms with Crippen LogP contribution in [0.4, 0.5) is 4.39 Å². The molecule has 1 N–H and O–H groups in total. The quantitative estimate of drug-likeness (QED) is 0.602. The third-order valence-electron chi connectivity index (χ3n) is 2.87. The fourth-order valence-corrected chi connectivity index (χ4v) is 1.94. The van der Waals surface area contributed by atoms with Gasteiger partial charge in [0.15, 0.2) is 0 Å². The van der Waals surface area contributed by atoms with Crippen LogP contribution in [0.15, 0.2) is 30.4 Å². The molecule has 0 spiro atoms. The Kier molecular flexibility index (Phi) is 4.57. The van der Waals surface area contributed by atoms with Crippen molar-refractivity contribution in [2.75, 3.05) is 6.54 Å². The number of hydrogen-bond acceptors (Lipinski definition) is 1. The van der Waals surface area contributed by atoms with Crippen molar-refractivity contribution >= 4 is 11.6 Å². The van der Waals surface area contributed by atoms with E-state index in [1.54, 1.807) is 12.1 Å². The number of allylic oxidation sites excluding steroid dienone is 1. The molecule has 0 unspecified atom stereocenters. The lowest BCUT2D eigenvalue weighted by atomic mass is 10.1. The number of benzene rings is 1. The van der Waals surface area contributed by atoms with Crippen molar-refractivity contribution < 1.29 is 4.39 Å². The van der Waals surface area contributed by atoms with E-state index in [0.29, 0.717) is 17.0 Å². The molecule has 1 aromatic carbocycles. The van der Waals surface area contributed by atoms with E-state index in [1.807, 2.05) is 6.08 Å². The van der Waals surface area contributed by atoms with Crippen molar-refractivity contribution in [3.63, 3.8) is 0 Å². The van der Waals surface area contributed by atoms with Crippen molar-refractivity contribution in [1.82, 2.24) is 5.32 Å². The van der Waals surface area contributed by atoms with Crippen LogP contribution >= 0.6 is 11.6 Å². The summed E-state index contributed by atoms with van der Waals surface area (Å²) in [5.41, 5.74) is 0.584. The zero-order chi connectivity index (χ0) is 12.1. The Bertz CT molecular complexity index is 379. The van der Waals surface area contributed by atoms with Gasteiger partial charge in [-0.15, -0.1) is 0 Å². The first-order valence-electron chi connectivity index (χ1n) is 6.08. The van der Waals surface area contributed by atoms with E-state index >= 15 is 0 Å². The third-order valence-corrected chi connectivity index (χ3v) is 3.23. The molecular weight excluding hydrogens is 237 g/mol. The van der Waals surface area contributed by atoms with E-state index in [4.69, 9.17) is 11.6 Å². The maximum Gasteiger partial charge on any atom is 0.128 e. The second-order valence-corrected chi connectivity index (χ2v) is 4.80. The molecule has 0 amide bonds. The lowest BCUT2D eigenvalue weighted by Crippen LogP contribution is -2.16. The first-order chi connectivity index (χ1) is 8.27. The summed E-state index contributed by atoms with van der Waals surface area (Å²) in [5.74, 6) is -0.224. The number of halogens is 2. The van der Waals surface area contributed by atoms with Crippen molar-refractivity contribution in [1.29, 1.82) is 0 Å². The van der Waals surface area contributed by atoms with Gasteiger partial charge in [-0.3, -0.25) is 0 Å². The predicted octanol–water partition coefficient (Wildman–Crippen LogP) is 3.72. The van der Waals surface area contributed by atoms with Crippen molar-refractivity contribution in [3.8, 4) is 0 Å². The molecule has 1 saturated carbocycles. The van der Waals surface area contributed by atoms with Gasteiger partial charge >= 0.3 is 0 Å². The fraction of sp³-hybridized carbons (Fsp3) is 0.429. The van der Waals surface area contributed by atoms with Crippen LogP contribution in [0.1, 0.15) is 24.8 Å². The molecular formula is C14H17ClFN. The molecule has 0 radical (unpaired) electrons. The van der Waals surface area contributed by atoms with E-state index in [2.05, 4.69) is 11.4 Å². The van der Waals surface area contributed by atoms with Crippen molar-refractivity contribution in [2.24, 2.45) is 0 Å². The summed E-state index contributed by atoms with van der Waals surface area (Å²) in [6.07, 6.45) is 8.25. The number of nitrogens with one attached hydrogen (secondary N) is 1. The molecule has 0 atom stereocenters. The van der Waals surface area contributed by atoms with Crippen molar-refractivity contribution in [3.05, 3.63) is 46.8 Å². The molecule has 2 rings (SSSR count). The fourth-order valence-electron chi connectivity index (χ4n) is 1.70. The van der Waals surface area contributed by atoms with E-state index in [-0.39, 0.29) is 5.82 Å². The zero-order valence-corrected chi connectivity index (χ0v) is 10.5. The summed E-state index contributed by atoms with van der Waals surface area (Å²) in [6.45, 7) is 1.01. The minimum atomic E-state index is -0.224. The summed E-state index contributed by atoms with van der Waals surface area (Å²) in [5, 5.41) is 3.93. The van der Waals surface area contributed by atoms with Crippen molar-refractivity contribution in [2.45, 2.75) is 31.7 Å². The smallest absolute Gasteiger partial charge is 0.128 e. The van der Waals surface area contributed by atoms with Crippen LogP contribution in [-0.2, 0) is 6.42 Å². The minimum Gasteiger partial charge on any atom is -0.314 e. The van der Waals surface area contributed by atoms with Gasteiger partial charge in [-0.2, -0.15) is 0 Å². The monoisotopic (exact) mass is 253 g/mol. The topological polar surface area (TPSA) is 12.0 Å². The Morgan fingerprint density at radius 1 is 1.35 bits per heavy atom. The molecule has 1 fully saturated rings. The van der Waals surface area contributed by atoms with E-state index < -0.39 is 0 Å². The highest BCUT2D eigenvalue weighted by Crippen LogP contribution is 2.20. The normalized spacial score (nSPS) is 15.6. The summed E-state index contributed by atoms with van der Waals surface area (Å²) in [6, 6.07) is 5.56. The highest BCUT2D eigenvalue weighted by atomic mass is 35.5. The predicted molar refractivity (Wildman–Crippen MR) is 69.9 cm³/mol. The van der Waals surface area contributed by atoms with Gasteiger partial charge in [0.25, 0.3) is 0 Å². The van der Waals surface area contributed by atoms with Gasteiger partial charge in [-0.05, 0) is 44.4 Å². The highest BCUT2D eigenvalue weighted by Gasteiger charge is 2.19. The number of rotatable bonds is 6. The van der Waals surface area contributed by atoms with E-state index in [1.165, 1.54) is 18.9 Å². The first-order valence-corrected chi connectivity index (χ1v) is 6.46. The molecule has 17 heavy (non-hydrogen) atoms. The molecule has 1 nitrogen and oxygen atoms in total. The van der Waals surface area contributed by atoms with Gasteiger partial charge in [0.05, 0.1) is 0 Å². The van der Waals surface area contributed by atoms with Gasteiger partial charge < -0.3 is 5.32 Å². The van der Waals surface area contributed by atoms with E-state index in [9.17, 15) is 4.39 Å². The highest BCUT2D eigenvalue weighted by molar-refractivity contribution is 6.31. The first kappa shape index (κ1) is 12.6. The molecule has 0 aromatic heterocycles. The van der Waals surface area contributed by atoms with Crippen LogP contribution in [0.25, 0.3) is 0 Å². The Morgan fingerprint density at radius 3 is 2.88 bits per heavy atom.